The molecule has 1 aliphatic rings. The van der Waals surface area contributed by atoms with E-state index < -0.39 is 0 Å². The third-order valence-corrected chi connectivity index (χ3v) is 2.67. The van der Waals surface area contributed by atoms with Crippen LogP contribution < -0.4 is 5.32 Å². The maximum atomic E-state index is 8.54. The van der Waals surface area contributed by atoms with Crippen molar-refractivity contribution in [3.63, 3.8) is 0 Å². The van der Waals surface area contributed by atoms with Gasteiger partial charge in [-0.2, -0.15) is 0 Å². The summed E-state index contributed by atoms with van der Waals surface area (Å²) in [5.41, 5.74) is 0. The van der Waals surface area contributed by atoms with Crippen molar-refractivity contribution in [1.29, 1.82) is 0 Å². The zero-order valence-corrected chi connectivity index (χ0v) is 7.89. The molecule has 2 N–H and O–H groups in total. The number of nitrogens with one attached hydrogen (secondary N) is 1. The van der Waals surface area contributed by atoms with Gasteiger partial charge in [-0.1, -0.05) is 6.42 Å². The molecule has 0 saturated heterocycles. The molecule has 2 nitrogen and oxygen atoms in total. The van der Waals surface area contributed by atoms with Crippen molar-refractivity contribution in [3.8, 4) is 0 Å². The van der Waals surface area contributed by atoms with Crippen molar-refractivity contribution in [2.24, 2.45) is 5.92 Å². The third kappa shape index (κ3) is 4.07. The van der Waals surface area contributed by atoms with Gasteiger partial charge in [0.2, 0.25) is 0 Å². The summed E-state index contributed by atoms with van der Waals surface area (Å²) in [7, 11) is 0. The largest absolute Gasteiger partial charge is 0.396 e. The first-order chi connectivity index (χ1) is 5.93. The van der Waals surface area contributed by atoms with Gasteiger partial charge in [0, 0.05) is 6.61 Å². The summed E-state index contributed by atoms with van der Waals surface area (Å²) in [4.78, 5) is 0. The predicted molar refractivity (Wildman–Crippen MR) is 51.1 cm³/mol. The number of aliphatic hydroxyl groups is 1. The van der Waals surface area contributed by atoms with Crippen LogP contribution >= 0.6 is 0 Å². The van der Waals surface area contributed by atoms with E-state index in [9.17, 15) is 0 Å². The molecule has 1 rings (SSSR count). The highest BCUT2D eigenvalue weighted by molar-refractivity contribution is 4.71. The molecule has 72 valence electrons. The summed E-state index contributed by atoms with van der Waals surface area (Å²) in [6.45, 7) is 2.71. The van der Waals surface area contributed by atoms with Gasteiger partial charge in [0.25, 0.3) is 0 Å². The molecule has 1 aliphatic carbocycles. The van der Waals surface area contributed by atoms with E-state index in [1.54, 1.807) is 0 Å². The van der Waals surface area contributed by atoms with Crippen molar-refractivity contribution in [2.45, 2.75) is 38.5 Å². The lowest BCUT2D eigenvalue weighted by Crippen LogP contribution is -2.27. The molecular formula is C10H21NO. The lowest BCUT2D eigenvalue weighted by Gasteiger charge is -2.25. The fourth-order valence-corrected chi connectivity index (χ4v) is 1.54. The van der Waals surface area contributed by atoms with Crippen LogP contribution in [0.25, 0.3) is 0 Å². The van der Waals surface area contributed by atoms with Crippen LogP contribution in [0.5, 0.6) is 0 Å². The maximum absolute atomic E-state index is 8.54. The van der Waals surface area contributed by atoms with Crippen molar-refractivity contribution < 1.29 is 5.11 Å². The van der Waals surface area contributed by atoms with Gasteiger partial charge >= 0.3 is 0 Å². The summed E-state index contributed by atoms with van der Waals surface area (Å²) in [5.74, 6) is 0.975. The Bertz CT molecular complexity index is 102. The highest BCUT2D eigenvalue weighted by Gasteiger charge is 2.15. The molecule has 0 aromatic heterocycles. The summed E-state index contributed by atoms with van der Waals surface area (Å²) in [5, 5.41) is 12.0. The molecule has 0 unspecified atom stereocenters. The molecular weight excluding hydrogens is 150 g/mol. The van der Waals surface area contributed by atoms with Crippen LogP contribution in [0.3, 0.4) is 0 Å². The topological polar surface area (TPSA) is 32.3 Å². The van der Waals surface area contributed by atoms with E-state index in [0.717, 1.165) is 25.3 Å². The Balaban J connectivity index is 1.70. The average molecular weight is 171 g/mol. The quantitative estimate of drug-likeness (QED) is 0.569. The summed E-state index contributed by atoms with van der Waals surface area (Å²) >= 11 is 0. The van der Waals surface area contributed by atoms with E-state index in [-0.39, 0.29) is 0 Å². The van der Waals surface area contributed by atoms with Crippen LogP contribution in [0, 0.1) is 5.92 Å². The Morgan fingerprint density at radius 3 is 2.58 bits per heavy atom. The zero-order chi connectivity index (χ0) is 8.65. The molecule has 0 amide bonds. The molecule has 0 spiro atoms. The monoisotopic (exact) mass is 171 g/mol. The SMILES string of the molecule is OCCCCCNCC1CCC1. The smallest absolute Gasteiger partial charge is 0.0431 e. The zero-order valence-electron chi connectivity index (χ0n) is 7.89. The molecule has 1 fully saturated rings. The van der Waals surface area contributed by atoms with Crippen LogP contribution in [0.15, 0.2) is 0 Å². The van der Waals surface area contributed by atoms with Gasteiger partial charge in [-0.3, -0.25) is 0 Å². The molecule has 0 aromatic carbocycles. The first-order valence-electron chi connectivity index (χ1n) is 5.25. The van der Waals surface area contributed by atoms with E-state index >= 15 is 0 Å². The van der Waals surface area contributed by atoms with E-state index in [0.29, 0.717) is 6.61 Å². The molecule has 0 aliphatic heterocycles. The van der Waals surface area contributed by atoms with Gasteiger partial charge in [-0.05, 0) is 51.1 Å². The van der Waals surface area contributed by atoms with Crippen LogP contribution in [0.2, 0.25) is 0 Å². The molecule has 0 radical (unpaired) electrons. The molecule has 0 bridgehead atoms. The minimum Gasteiger partial charge on any atom is -0.396 e. The minimum absolute atomic E-state index is 0.350. The summed E-state index contributed by atoms with van der Waals surface area (Å²) < 4.78 is 0. The summed E-state index contributed by atoms with van der Waals surface area (Å²) in [6.07, 6.45) is 7.65. The first-order valence-corrected chi connectivity index (χ1v) is 5.25. The molecule has 0 aromatic rings. The van der Waals surface area contributed by atoms with Crippen molar-refractivity contribution in [2.75, 3.05) is 19.7 Å². The fraction of sp³-hybridized carbons (Fsp3) is 1.00. The van der Waals surface area contributed by atoms with E-state index in [4.69, 9.17) is 5.11 Å². The second-order valence-corrected chi connectivity index (χ2v) is 3.79. The third-order valence-electron chi connectivity index (χ3n) is 2.67. The molecule has 0 atom stereocenters. The molecule has 12 heavy (non-hydrogen) atoms. The van der Waals surface area contributed by atoms with E-state index in [1.165, 1.54) is 32.2 Å². The second-order valence-electron chi connectivity index (χ2n) is 3.79. The van der Waals surface area contributed by atoms with Gasteiger partial charge < -0.3 is 10.4 Å². The minimum atomic E-state index is 0.350. The van der Waals surface area contributed by atoms with Crippen LogP contribution in [-0.4, -0.2) is 24.8 Å². The fourth-order valence-electron chi connectivity index (χ4n) is 1.54. The summed E-state index contributed by atoms with van der Waals surface area (Å²) in [6, 6.07) is 0. The highest BCUT2D eigenvalue weighted by atomic mass is 16.2. The number of unbranched alkanes of at least 4 members (excludes halogenated alkanes) is 2. The Kier molecular flexibility index (Phi) is 5.37. The van der Waals surface area contributed by atoms with Gasteiger partial charge in [0.05, 0.1) is 0 Å². The first kappa shape index (κ1) is 10.0. The van der Waals surface area contributed by atoms with Gasteiger partial charge in [0.15, 0.2) is 0 Å². The lowest BCUT2D eigenvalue weighted by atomic mass is 9.85. The lowest BCUT2D eigenvalue weighted by molar-refractivity contribution is 0.279. The van der Waals surface area contributed by atoms with E-state index in [1.807, 2.05) is 0 Å². The van der Waals surface area contributed by atoms with E-state index in [2.05, 4.69) is 5.32 Å². The normalized spacial score (nSPS) is 17.8. The standard InChI is InChI=1S/C10H21NO/c12-8-3-1-2-7-11-9-10-5-4-6-10/h10-12H,1-9H2. The highest BCUT2D eigenvalue weighted by Crippen LogP contribution is 2.24. The predicted octanol–water partition coefficient (Wildman–Crippen LogP) is 1.54. The molecule has 0 heterocycles. The molecule has 2 heteroatoms. The Labute approximate surface area is 75.4 Å². The van der Waals surface area contributed by atoms with Crippen molar-refractivity contribution in [3.05, 3.63) is 0 Å². The maximum Gasteiger partial charge on any atom is 0.0431 e. The van der Waals surface area contributed by atoms with Crippen molar-refractivity contribution in [1.82, 2.24) is 5.32 Å². The van der Waals surface area contributed by atoms with Crippen LogP contribution in [0.4, 0.5) is 0 Å². The number of hydrogen-bond acceptors (Lipinski definition) is 2. The number of rotatable bonds is 7. The van der Waals surface area contributed by atoms with Gasteiger partial charge in [-0.15, -0.1) is 0 Å². The van der Waals surface area contributed by atoms with Crippen LogP contribution in [-0.2, 0) is 0 Å². The van der Waals surface area contributed by atoms with Crippen molar-refractivity contribution >= 4 is 0 Å². The van der Waals surface area contributed by atoms with Gasteiger partial charge in [0.1, 0.15) is 0 Å². The number of hydrogen-bond donors (Lipinski definition) is 2. The Morgan fingerprint density at radius 1 is 1.17 bits per heavy atom. The second kappa shape index (κ2) is 6.44. The van der Waals surface area contributed by atoms with Crippen LogP contribution in [0.1, 0.15) is 38.5 Å². The molecule has 1 saturated carbocycles. The number of aliphatic hydroxyl groups excluding tert-OH is 1. The van der Waals surface area contributed by atoms with Gasteiger partial charge in [-0.25, -0.2) is 0 Å². The Morgan fingerprint density at radius 2 is 2.00 bits per heavy atom. The average Bonchev–Trinajstić information content (AvgIpc) is 2.00. The Hall–Kier alpha value is -0.0800.